The maximum Gasteiger partial charge on any atom is 0.291 e. The van der Waals surface area contributed by atoms with Gasteiger partial charge in [0.15, 0.2) is 5.76 Å². The molecule has 1 fully saturated rings. The van der Waals surface area contributed by atoms with Gasteiger partial charge in [-0.25, -0.2) is 4.98 Å². The van der Waals surface area contributed by atoms with E-state index >= 15 is 0 Å². The highest BCUT2D eigenvalue weighted by Crippen LogP contribution is 2.26. The van der Waals surface area contributed by atoms with Gasteiger partial charge in [-0.05, 0) is 49.7 Å². The molecule has 0 saturated carbocycles. The minimum absolute atomic E-state index is 0.257. The third kappa shape index (κ3) is 3.21. The summed E-state index contributed by atoms with van der Waals surface area (Å²) >= 11 is 0. The molecule has 2 aromatic heterocycles. The lowest BCUT2D eigenvalue weighted by molar-refractivity contribution is 0.0995. The lowest BCUT2D eigenvalue weighted by atomic mass is 10.1. The number of rotatable bonds is 4. The fourth-order valence-electron chi connectivity index (χ4n) is 3.03. The average molecular weight is 337 g/mol. The van der Waals surface area contributed by atoms with Gasteiger partial charge >= 0.3 is 0 Å². The third-order valence-electron chi connectivity index (χ3n) is 4.33. The maximum absolute atomic E-state index is 12.1. The molecule has 3 heterocycles. The normalized spacial score (nSPS) is 16.9. The molecular formula is C19H19N3O3. The second-order valence-corrected chi connectivity index (χ2v) is 6.13. The number of ether oxygens (including phenoxy) is 1. The highest BCUT2D eigenvalue weighted by molar-refractivity contribution is 6.02. The summed E-state index contributed by atoms with van der Waals surface area (Å²) in [6.45, 7) is 3.31. The second-order valence-electron chi connectivity index (χ2n) is 6.13. The van der Waals surface area contributed by atoms with Crippen molar-refractivity contribution in [1.82, 2.24) is 9.55 Å². The quantitative estimate of drug-likeness (QED) is 0.791. The highest BCUT2D eigenvalue weighted by Gasteiger charge is 2.22. The average Bonchev–Trinajstić information content (AvgIpc) is 3.36. The van der Waals surface area contributed by atoms with Crippen molar-refractivity contribution >= 4 is 11.6 Å². The zero-order valence-electron chi connectivity index (χ0n) is 13.9. The zero-order valence-corrected chi connectivity index (χ0v) is 13.9. The van der Waals surface area contributed by atoms with Crippen molar-refractivity contribution < 1.29 is 13.9 Å². The summed E-state index contributed by atoms with van der Waals surface area (Å²) in [7, 11) is 0. The minimum Gasteiger partial charge on any atom is -0.456 e. The number of carbonyl (C=O) groups is 1. The Labute approximate surface area is 145 Å². The van der Waals surface area contributed by atoms with E-state index in [9.17, 15) is 4.79 Å². The zero-order chi connectivity index (χ0) is 17.2. The monoisotopic (exact) mass is 337 g/mol. The molecule has 3 aromatic rings. The van der Waals surface area contributed by atoms with Gasteiger partial charge in [0.05, 0.1) is 6.61 Å². The number of carbonyl (C=O) groups excluding carboxylic acids is 1. The van der Waals surface area contributed by atoms with Crippen LogP contribution in [-0.2, 0) is 4.74 Å². The number of benzene rings is 1. The molecule has 0 aliphatic carbocycles. The predicted octanol–water partition coefficient (Wildman–Crippen LogP) is 3.53. The molecule has 6 nitrogen and oxygen atoms in total. The van der Waals surface area contributed by atoms with Crippen molar-refractivity contribution in [1.29, 1.82) is 0 Å². The first kappa shape index (κ1) is 15.7. The Hall–Kier alpha value is -2.86. The number of anilines is 1. The minimum atomic E-state index is -0.257. The van der Waals surface area contributed by atoms with E-state index < -0.39 is 0 Å². The molecule has 0 spiro atoms. The maximum atomic E-state index is 12.1. The van der Waals surface area contributed by atoms with E-state index in [1.165, 1.54) is 0 Å². The number of imidazole rings is 1. The Kier molecular flexibility index (Phi) is 4.11. The van der Waals surface area contributed by atoms with Crippen LogP contribution >= 0.6 is 0 Å². The summed E-state index contributed by atoms with van der Waals surface area (Å²) in [5.41, 5.74) is 1.72. The van der Waals surface area contributed by atoms with Crippen LogP contribution in [0.5, 0.6) is 0 Å². The molecule has 4 rings (SSSR count). The Morgan fingerprint density at radius 1 is 1.24 bits per heavy atom. The molecule has 1 N–H and O–H groups in total. The van der Waals surface area contributed by atoms with Crippen LogP contribution in [0.1, 0.15) is 34.5 Å². The van der Waals surface area contributed by atoms with E-state index in [0.717, 1.165) is 24.5 Å². The first-order valence-corrected chi connectivity index (χ1v) is 8.30. The van der Waals surface area contributed by atoms with Crippen molar-refractivity contribution in [3.8, 4) is 5.69 Å². The van der Waals surface area contributed by atoms with E-state index in [1.54, 1.807) is 12.1 Å². The van der Waals surface area contributed by atoms with Gasteiger partial charge in [-0.2, -0.15) is 0 Å². The summed E-state index contributed by atoms with van der Waals surface area (Å²) in [6.07, 6.45) is 4.75. The molecule has 1 atom stereocenters. The molecule has 1 saturated heterocycles. The Morgan fingerprint density at radius 2 is 2.08 bits per heavy atom. The van der Waals surface area contributed by atoms with Crippen LogP contribution < -0.4 is 5.32 Å². The van der Waals surface area contributed by atoms with E-state index in [0.29, 0.717) is 29.7 Å². The Bertz CT molecular complexity index is 873. The molecule has 6 heteroatoms. The van der Waals surface area contributed by atoms with E-state index in [2.05, 4.69) is 14.9 Å². The number of aryl methyl sites for hydroxylation is 1. The molecule has 0 radical (unpaired) electrons. The van der Waals surface area contributed by atoms with E-state index in [-0.39, 0.29) is 5.91 Å². The molecule has 25 heavy (non-hydrogen) atoms. The number of furan rings is 1. The van der Waals surface area contributed by atoms with Crippen LogP contribution in [0.3, 0.4) is 0 Å². The molecule has 0 bridgehead atoms. The predicted molar refractivity (Wildman–Crippen MR) is 93.1 cm³/mol. The van der Waals surface area contributed by atoms with Crippen molar-refractivity contribution in [2.45, 2.75) is 19.3 Å². The molecule has 1 aromatic carbocycles. The van der Waals surface area contributed by atoms with Gasteiger partial charge in [-0.15, -0.1) is 0 Å². The van der Waals surface area contributed by atoms with Crippen molar-refractivity contribution in [3.05, 3.63) is 66.1 Å². The van der Waals surface area contributed by atoms with Gasteiger partial charge in [0.25, 0.3) is 5.91 Å². The lowest BCUT2D eigenvalue weighted by Crippen LogP contribution is -2.11. The lowest BCUT2D eigenvalue weighted by Gasteiger charge is -2.12. The summed E-state index contributed by atoms with van der Waals surface area (Å²) in [4.78, 5) is 16.6. The van der Waals surface area contributed by atoms with Gasteiger partial charge in [0.1, 0.15) is 11.6 Å². The van der Waals surface area contributed by atoms with Gasteiger partial charge in [-0.1, -0.05) is 0 Å². The molecule has 1 unspecified atom stereocenters. The molecule has 1 aliphatic rings. The first-order chi connectivity index (χ1) is 12.2. The fraction of sp³-hybridized carbons (Fsp3) is 0.263. The topological polar surface area (TPSA) is 69.3 Å². The summed E-state index contributed by atoms with van der Waals surface area (Å²) in [6, 6.07) is 11.1. The van der Waals surface area contributed by atoms with Crippen LogP contribution in [0.25, 0.3) is 5.69 Å². The van der Waals surface area contributed by atoms with Crippen molar-refractivity contribution in [2.24, 2.45) is 0 Å². The standard InChI is InChI=1S/C19H19N3O3/c1-13-2-7-17(25-13)19(23)21-15-3-5-16(6-4-15)22-10-9-20-18(22)14-8-11-24-12-14/h2-7,9-10,14H,8,11-12H2,1H3,(H,21,23). The highest BCUT2D eigenvalue weighted by atomic mass is 16.5. The van der Waals surface area contributed by atoms with Gasteiger partial charge in [0, 0.05) is 36.3 Å². The third-order valence-corrected chi connectivity index (χ3v) is 4.33. The smallest absolute Gasteiger partial charge is 0.291 e. The Balaban J connectivity index is 1.51. The van der Waals surface area contributed by atoms with Crippen LogP contribution in [0.15, 0.2) is 53.2 Å². The van der Waals surface area contributed by atoms with Crippen molar-refractivity contribution in [3.63, 3.8) is 0 Å². The van der Waals surface area contributed by atoms with Gasteiger partial charge in [0.2, 0.25) is 0 Å². The van der Waals surface area contributed by atoms with Crippen LogP contribution in [0, 0.1) is 6.92 Å². The largest absolute Gasteiger partial charge is 0.456 e. The molecule has 1 aliphatic heterocycles. The Morgan fingerprint density at radius 3 is 2.76 bits per heavy atom. The number of nitrogens with zero attached hydrogens (tertiary/aromatic N) is 2. The van der Waals surface area contributed by atoms with Crippen LogP contribution in [-0.4, -0.2) is 28.7 Å². The number of aromatic nitrogens is 2. The van der Waals surface area contributed by atoms with Gasteiger partial charge < -0.3 is 19.0 Å². The first-order valence-electron chi connectivity index (χ1n) is 8.30. The fourth-order valence-corrected chi connectivity index (χ4v) is 3.03. The summed E-state index contributed by atoms with van der Waals surface area (Å²) in [5, 5.41) is 2.84. The van der Waals surface area contributed by atoms with Crippen LogP contribution in [0.4, 0.5) is 5.69 Å². The molecule has 1 amide bonds. The molecule has 128 valence electrons. The van der Waals surface area contributed by atoms with Gasteiger partial charge in [-0.3, -0.25) is 4.79 Å². The number of nitrogens with one attached hydrogen (secondary N) is 1. The van der Waals surface area contributed by atoms with Crippen molar-refractivity contribution in [2.75, 3.05) is 18.5 Å². The SMILES string of the molecule is Cc1ccc(C(=O)Nc2ccc(-n3ccnc3C3CCOC3)cc2)o1. The second kappa shape index (κ2) is 6.57. The van der Waals surface area contributed by atoms with E-state index in [1.807, 2.05) is 43.6 Å². The molecular weight excluding hydrogens is 318 g/mol. The number of hydrogen-bond acceptors (Lipinski definition) is 4. The number of hydrogen-bond donors (Lipinski definition) is 1. The summed E-state index contributed by atoms with van der Waals surface area (Å²) in [5.74, 6) is 2.10. The van der Waals surface area contributed by atoms with E-state index in [4.69, 9.17) is 9.15 Å². The number of amides is 1. The summed E-state index contributed by atoms with van der Waals surface area (Å²) < 4.78 is 12.9. The van der Waals surface area contributed by atoms with Crippen LogP contribution in [0.2, 0.25) is 0 Å².